The van der Waals surface area contributed by atoms with E-state index in [9.17, 15) is 0 Å². The average molecular weight is 235 g/mol. The summed E-state index contributed by atoms with van der Waals surface area (Å²) in [7, 11) is 0. The molecule has 0 saturated heterocycles. The van der Waals surface area contributed by atoms with E-state index in [1.54, 1.807) is 17.5 Å². The van der Waals surface area contributed by atoms with Gasteiger partial charge in [-0.2, -0.15) is 0 Å². The number of nitrogens with zero attached hydrogens (tertiary/aromatic N) is 1. The summed E-state index contributed by atoms with van der Waals surface area (Å²) in [4.78, 5) is 4.26. The highest BCUT2D eigenvalue weighted by molar-refractivity contribution is 7.13. The molecule has 1 aromatic heterocycles. The first-order valence-electron chi connectivity index (χ1n) is 5.14. The van der Waals surface area contributed by atoms with Crippen molar-refractivity contribution in [3.63, 3.8) is 0 Å². The summed E-state index contributed by atoms with van der Waals surface area (Å²) in [6, 6.07) is 7.82. The summed E-state index contributed by atoms with van der Waals surface area (Å²) in [6.45, 7) is 0.679. The van der Waals surface area contributed by atoms with Gasteiger partial charge in [-0.05, 0) is 12.1 Å². The normalized spacial score (nSPS) is 10.3. The lowest BCUT2D eigenvalue weighted by molar-refractivity contribution is 0.234. The standard InChI is InChI=1S/C12H13NO2S/c14-7-3-8-15-11-5-2-1-4-10(11)12-13-6-9-16-12/h1-2,4-6,9,14H,3,7-8H2. The molecule has 2 rings (SSSR count). The molecule has 1 heterocycles. The molecule has 1 N–H and O–H groups in total. The van der Waals surface area contributed by atoms with Gasteiger partial charge in [-0.1, -0.05) is 12.1 Å². The van der Waals surface area contributed by atoms with E-state index in [1.807, 2.05) is 29.6 Å². The van der Waals surface area contributed by atoms with E-state index in [0.29, 0.717) is 13.0 Å². The Morgan fingerprint density at radius 3 is 2.94 bits per heavy atom. The Morgan fingerprint density at radius 2 is 2.19 bits per heavy atom. The van der Waals surface area contributed by atoms with Crippen LogP contribution >= 0.6 is 11.3 Å². The van der Waals surface area contributed by atoms with Crippen molar-refractivity contribution in [3.8, 4) is 16.3 Å². The van der Waals surface area contributed by atoms with Gasteiger partial charge in [0.15, 0.2) is 0 Å². The number of thiazole rings is 1. The first kappa shape index (κ1) is 11.1. The van der Waals surface area contributed by atoms with Crippen molar-refractivity contribution in [2.45, 2.75) is 6.42 Å². The largest absolute Gasteiger partial charge is 0.493 e. The van der Waals surface area contributed by atoms with Gasteiger partial charge in [0.05, 0.1) is 12.2 Å². The zero-order chi connectivity index (χ0) is 11.2. The molecule has 0 atom stereocenters. The van der Waals surface area contributed by atoms with Gasteiger partial charge in [-0.25, -0.2) is 4.98 Å². The highest BCUT2D eigenvalue weighted by atomic mass is 32.1. The molecule has 1 aromatic carbocycles. The number of para-hydroxylation sites is 1. The van der Waals surface area contributed by atoms with Gasteiger partial charge in [0.2, 0.25) is 0 Å². The van der Waals surface area contributed by atoms with Crippen molar-refractivity contribution >= 4 is 11.3 Å². The molecule has 0 aliphatic carbocycles. The molecule has 4 heteroatoms. The van der Waals surface area contributed by atoms with E-state index in [1.165, 1.54) is 0 Å². The zero-order valence-corrected chi connectivity index (χ0v) is 9.61. The smallest absolute Gasteiger partial charge is 0.129 e. The van der Waals surface area contributed by atoms with Crippen LogP contribution in [0.4, 0.5) is 0 Å². The summed E-state index contributed by atoms with van der Waals surface area (Å²) in [5.74, 6) is 0.825. The van der Waals surface area contributed by atoms with Crippen LogP contribution in [-0.4, -0.2) is 23.3 Å². The van der Waals surface area contributed by atoms with Crippen LogP contribution in [0.3, 0.4) is 0 Å². The van der Waals surface area contributed by atoms with Crippen LogP contribution in [0.1, 0.15) is 6.42 Å². The molecule has 2 aromatic rings. The number of rotatable bonds is 5. The van der Waals surface area contributed by atoms with Gasteiger partial charge in [0.25, 0.3) is 0 Å². The summed E-state index contributed by atoms with van der Waals surface area (Å²) in [5.41, 5.74) is 1.01. The molecule has 0 saturated carbocycles. The zero-order valence-electron chi connectivity index (χ0n) is 8.80. The number of aliphatic hydroxyl groups is 1. The van der Waals surface area contributed by atoms with Gasteiger partial charge in [-0.15, -0.1) is 11.3 Å². The first-order valence-corrected chi connectivity index (χ1v) is 6.02. The second-order valence-corrected chi connectivity index (χ2v) is 4.15. The van der Waals surface area contributed by atoms with Gasteiger partial charge in [0.1, 0.15) is 10.8 Å². The SMILES string of the molecule is OCCCOc1ccccc1-c1nccs1. The third-order valence-corrected chi connectivity index (χ3v) is 2.92. The van der Waals surface area contributed by atoms with E-state index in [4.69, 9.17) is 9.84 Å². The molecule has 3 nitrogen and oxygen atoms in total. The monoisotopic (exact) mass is 235 g/mol. The summed E-state index contributed by atoms with van der Waals surface area (Å²) in [6.07, 6.45) is 2.43. The van der Waals surface area contributed by atoms with E-state index in [0.717, 1.165) is 16.3 Å². The Bertz CT molecular complexity index is 428. The topological polar surface area (TPSA) is 42.4 Å². The maximum Gasteiger partial charge on any atom is 0.129 e. The highest BCUT2D eigenvalue weighted by Crippen LogP contribution is 2.30. The quantitative estimate of drug-likeness (QED) is 0.810. The number of aliphatic hydroxyl groups excluding tert-OH is 1. The summed E-state index contributed by atoms with van der Waals surface area (Å²) in [5, 5.41) is 11.6. The minimum Gasteiger partial charge on any atom is -0.493 e. The molecule has 0 spiro atoms. The minimum atomic E-state index is 0.152. The maximum absolute atomic E-state index is 8.71. The molecule has 84 valence electrons. The van der Waals surface area contributed by atoms with Crippen molar-refractivity contribution in [1.29, 1.82) is 0 Å². The van der Waals surface area contributed by atoms with Gasteiger partial charge >= 0.3 is 0 Å². The molecule has 0 unspecified atom stereocenters. The van der Waals surface area contributed by atoms with Gasteiger partial charge in [0, 0.05) is 24.6 Å². The fourth-order valence-corrected chi connectivity index (χ4v) is 2.04. The molecule has 0 aliphatic rings. The lowest BCUT2D eigenvalue weighted by Gasteiger charge is -2.08. The third-order valence-electron chi connectivity index (χ3n) is 2.11. The molecular weight excluding hydrogens is 222 g/mol. The first-order chi connectivity index (χ1) is 7.92. The molecule has 0 bridgehead atoms. The fourth-order valence-electron chi connectivity index (χ4n) is 1.37. The second kappa shape index (κ2) is 5.63. The van der Waals surface area contributed by atoms with Crippen molar-refractivity contribution in [1.82, 2.24) is 4.98 Å². The second-order valence-electron chi connectivity index (χ2n) is 3.26. The highest BCUT2D eigenvalue weighted by Gasteiger charge is 2.07. The maximum atomic E-state index is 8.71. The Labute approximate surface area is 98.4 Å². The van der Waals surface area contributed by atoms with Crippen LogP contribution in [0.2, 0.25) is 0 Å². The Kier molecular flexibility index (Phi) is 3.91. The van der Waals surface area contributed by atoms with Crippen LogP contribution in [0, 0.1) is 0 Å². The summed E-state index contributed by atoms with van der Waals surface area (Å²) < 4.78 is 5.61. The molecule has 0 fully saturated rings. The van der Waals surface area contributed by atoms with Crippen molar-refractivity contribution in [2.24, 2.45) is 0 Å². The lowest BCUT2D eigenvalue weighted by atomic mass is 10.2. The number of benzene rings is 1. The number of hydrogen-bond acceptors (Lipinski definition) is 4. The predicted octanol–water partition coefficient (Wildman–Crippen LogP) is 2.57. The molecule has 0 radical (unpaired) electrons. The van der Waals surface area contributed by atoms with Crippen molar-refractivity contribution < 1.29 is 9.84 Å². The van der Waals surface area contributed by atoms with E-state index >= 15 is 0 Å². The molecule has 0 aliphatic heterocycles. The number of ether oxygens (including phenoxy) is 1. The van der Waals surface area contributed by atoms with E-state index < -0.39 is 0 Å². The third kappa shape index (κ3) is 2.59. The molecular formula is C12H13NO2S. The average Bonchev–Trinajstić information content (AvgIpc) is 2.83. The molecule has 0 amide bonds. The number of hydrogen-bond donors (Lipinski definition) is 1. The van der Waals surface area contributed by atoms with Crippen molar-refractivity contribution in [2.75, 3.05) is 13.2 Å². The van der Waals surface area contributed by atoms with Crippen LogP contribution < -0.4 is 4.74 Å². The van der Waals surface area contributed by atoms with Gasteiger partial charge < -0.3 is 9.84 Å². The lowest BCUT2D eigenvalue weighted by Crippen LogP contribution is -2.00. The fraction of sp³-hybridized carbons (Fsp3) is 0.250. The summed E-state index contributed by atoms with van der Waals surface area (Å²) >= 11 is 1.59. The van der Waals surface area contributed by atoms with Crippen LogP contribution in [-0.2, 0) is 0 Å². The molecule has 16 heavy (non-hydrogen) atoms. The number of aromatic nitrogens is 1. The Balaban J connectivity index is 2.18. The van der Waals surface area contributed by atoms with Crippen molar-refractivity contribution in [3.05, 3.63) is 35.8 Å². The Hall–Kier alpha value is -1.39. The van der Waals surface area contributed by atoms with Gasteiger partial charge in [-0.3, -0.25) is 0 Å². The predicted molar refractivity (Wildman–Crippen MR) is 64.7 cm³/mol. The van der Waals surface area contributed by atoms with E-state index in [-0.39, 0.29) is 6.61 Å². The minimum absolute atomic E-state index is 0.152. The van der Waals surface area contributed by atoms with E-state index in [2.05, 4.69) is 4.98 Å². The van der Waals surface area contributed by atoms with Crippen LogP contribution in [0.25, 0.3) is 10.6 Å². The Morgan fingerprint density at radius 1 is 1.31 bits per heavy atom. The van der Waals surface area contributed by atoms with Crippen LogP contribution in [0.15, 0.2) is 35.8 Å². The van der Waals surface area contributed by atoms with Crippen LogP contribution in [0.5, 0.6) is 5.75 Å².